The third-order valence-electron chi connectivity index (χ3n) is 2.77. The van der Waals surface area contributed by atoms with Gasteiger partial charge >= 0.3 is 0 Å². The summed E-state index contributed by atoms with van der Waals surface area (Å²) in [7, 11) is 0. The number of fused-ring (bicyclic) bond motifs is 1. The molecule has 0 aliphatic carbocycles. The Morgan fingerprint density at radius 3 is 2.82 bits per heavy atom. The van der Waals surface area contributed by atoms with Gasteiger partial charge in [0.15, 0.2) is 0 Å². The molecule has 0 spiro atoms. The monoisotopic (exact) mass is 297 g/mol. The molecule has 0 radical (unpaired) electrons. The van der Waals surface area contributed by atoms with Crippen molar-refractivity contribution in [2.24, 2.45) is 0 Å². The largest absolute Gasteiger partial charge is 0.372 e. The molecule has 0 saturated heterocycles. The Labute approximate surface area is 110 Å². The van der Waals surface area contributed by atoms with Crippen molar-refractivity contribution in [3.05, 3.63) is 34.9 Å². The fourth-order valence-electron chi connectivity index (χ4n) is 1.73. The van der Waals surface area contributed by atoms with Crippen molar-refractivity contribution in [1.82, 2.24) is 5.32 Å². The molecule has 1 aromatic carbocycles. The van der Waals surface area contributed by atoms with Crippen LogP contribution in [-0.4, -0.2) is 16.8 Å². The summed E-state index contributed by atoms with van der Waals surface area (Å²) in [5.74, 6) is -0.0378. The first-order chi connectivity index (χ1) is 8.02. The van der Waals surface area contributed by atoms with Crippen molar-refractivity contribution in [2.45, 2.75) is 32.6 Å². The lowest BCUT2D eigenvalue weighted by Crippen LogP contribution is -2.44. The van der Waals surface area contributed by atoms with Gasteiger partial charge in [0.2, 0.25) is 0 Å². The van der Waals surface area contributed by atoms with E-state index in [2.05, 4.69) is 21.2 Å². The predicted octanol–water partition coefficient (Wildman–Crippen LogP) is 2.62. The number of carbonyl (C=O) groups excluding carboxylic acids is 1. The van der Waals surface area contributed by atoms with Gasteiger partial charge in [0.25, 0.3) is 5.91 Å². The summed E-state index contributed by atoms with van der Waals surface area (Å²) in [6.45, 7) is 5.23. The van der Waals surface area contributed by atoms with Gasteiger partial charge in [-0.15, -0.1) is 0 Å². The van der Waals surface area contributed by atoms with Crippen molar-refractivity contribution < 1.29 is 9.53 Å². The third-order valence-corrected chi connectivity index (χ3v) is 4.17. The van der Waals surface area contributed by atoms with Crippen LogP contribution in [0.4, 0.5) is 0 Å². The highest BCUT2D eigenvalue weighted by atomic mass is 79.9. The number of alkyl halides is 1. The molecule has 0 fully saturated rings. The van der Waals surface area contributed by atoms with Gasteiger partial charge in [0.1, 0.15) is 0 Å². The van der Waals surface area contributed by atoms with Crippen LogP contribution in [0.25, 0.3) is 0 Å². The number of carbonyl (C=O) groups is 1. The second-order valence-corrected chi connectivity index (χ2v) is 5.51. The molecular weight excluding hydrogens is 282 g/mol. The number of hydrogen-bond acceptors (Lipinski definition) is 2. The second kappa shape index (κ2) is 4.78. The third kappa shape index (κ3) is 2.87. The molecule has 92 valence electrons. The summed E-state index contributed by atoms with van der Waals surface area (Å²) in [5, 5.41) is 3.71. The van der Waals surface area contributed by atoms with Crippen LogP contribution in [0.2, 0.25) is 0 Å². The zero-order valence-corrected chi connectivity index (χ0v) is 11.6. The Morgan fingerprint density at radius 2 is 2.12 bits per heavy atom. The molecule has 0 aromatic heterocycles. The Hall–Kier alpha value is -0.870. The normalized spacial score (nSPS) is 14.5. The number of benzene rings is 1. The van der Waals surface area contributed by atoms with Gasteiger partial charge in [0, 0.05) is 16.4 Å². The Balaban J connectivity index is 2.15. The first-order valence-electron chi connectivity index (χ1n) is 5.60. The molecule has 1 aliphatic rings. The maximum atomic E-state index is 12.0. The van der Waals surface area contributed by atoms with Crippen molar-refractivity contribution >= 4 is 21.8 Å². The number of nitrogens with one attached hydrogen (secondary N) is 1. The minimum Gasteiger partial charge on any atom is -0.372 e. The number of hydrogen-bond donors (Lipinski definition) is 1. The van der Waals surface area contributed by atoms with Crippen LogP contribution in [0.5, 0.6) is 0 Å². The van der Waals surface area contributed by atoms with Gasteiger partial charge in [-0.2, -0.15) is 0 Å². The van der Waals surface area contributed by atoms with Gasteiger partial charge in [-0.25, -0.2) is 0 Å². The SMILES string of the molecule is CC(C)(CBr)NC(=O)c1ccc2c(c1)COC2. The van der Waals surface area contributed by atoms with E-state index in [4.69, 9.17) is 4.74 Å². The minimum atomic E-state index is -0.243. The van der Waals surface area contributed by atoms with Gasteiger partial charge in [-0.1, -0.05) is 22.0 Å². The smallest absolute Gasteiger partial charge is 0.251 e. The molecule has 2 rings (SSSR count). The van der Waals surface area contributed by atoms with Gasteiger partial charge in [-0.05, 0) is 37.1 Å². The van der Waals surface area contributed by atoms with Crippen molar-refractivity contribution in [2.75, 3.05) is 5.33 Å². The first-order valence-corrected chi connectivity index (χ1v) is 6.72. The molecular formula is C13H16BrNO2. The highest BCUT2D eigenvalue weighted by Crippen LogP contribution is 2.21. The Bertz CT molecular complexity index is 443. The molecule has 1 N–H and O–H groups in total. The molecule has 0 bridgehead atoms. The predicted molar refractivity (Wildman–Crippen MR) is 70.3 cm³/mol. The van der Waals surface area contributed by atoms with E-state index in [1.165, 1.54) is 5.56 Å². The average Bonchev–Trinajstić information content (AvgIpc) is 2.75. The first kappa shape index (κ1) is 12.6. The molecule has 0 unspecified atom stereocenters. The van der Waals surface area contributed by atoms with Crippen molar-refractivity contribution in [3.8, 4) is 0 Å². The number of halogens is 1. The quantitative estimate of drug-likeness (QED) is 0.871. The van der Waals surface area contributed by atoms with E-state index >= 15 is 0 Å². The molecule has 3 nitrogen and oxygen atoms in total. The topological polar surface area (TPSA) is 38.3 Å². The van der Waals surface area contributed by atoms with Crippen LogP contribution in [-0.2, 0) is 18.0 Å². The summed E-state index contributed by atoms with van der Waals surface area (Å²) in [4.78, 5) is 12.0. The second-order valence-electron chi connectivity index (χ2n) is 4.95. The summed E-state index contributed by atoms with van der Waals surface area (Å²) < 4.78 is 5.33. The van der Waals surface area contributed by atoms with Gasteiger partial charge < -0.3 is 10.1 Å². The molecule has 1 amide bonds. The Kier molecular flexibility index (Phi) is 3.54. The van der Waals surface area contributed by atoms with E-state index in [1.807, 2.05) is 32.0 Å². The lowest BCUT2D eigenvalue weighted by Gasteiger charge is -2.23. The van der Waals surface area contributed by atoms with Crippen LogP contribution in [0.15, 0.2) is 18.2 Å². The van der Waals surface area contributed by atoms with Gasteiger partial charge in [-0.3, -0.25) is 4.79 Å². The summed E-state index contributed by atoms with van der Waals surface area (Å²) in [5.41, 5.74) is 2.76. The molecule has 1 heterocycles. The van der Waals surface area contributed by atoms with Crippen molar-refractivity contribution in [1.29, 1.82) is 0 Å². The molecule has 4 heteroatoms. The number of amides is 1. The van der Waals surface area contributed by atoms with E-state index < -0.39 is 0 Å². The van der Waals surface area contributed by atoms with Crippen LogP contribution in [0.1, 0.15) is 35.3 Å². The molecule has 1 aromatic rings. The van der Waals surface area contributed by atoms with E-state index in [0.29, 0.717) is 18.8 Å². The average molecular weight is 298 g/mol. The highest BCUT2D eigenvalue weighted by molar-refractivity contribution is 9.09. The van der Waals surface area contributed by atoms with Crippen molar-refractivity contribution in [3.63, 3.8) is 0 Å². The lowest BCUT2D eigenvalue weighted by molar-refractivity contribution is 0.0921. The van der Waals surface area contributed by atoms with Crippen LogP contribution in [0.3, 0.4) is 0 Å². The molecule has 1 aliphatic heterocycles. The highest BCUT2D eigenvalue weighted by Gasteiger charge is 2.21. The zero-order chi connectivity index (χ0) is 12.5. The molecule has 0 atom stereocenters. The van der Waals surface area contributed by atoms with Crippen LogP contribution in [0, 0.1) is 0 Å². The van der Waals surface area contributed by atoms with E-state index in [9.17, 15) is 4.79 Å². The zero-order valence-electron chi connectivity index (χ0n) is 10.0. The fourth-order valence-corrected chi connectivity index (χ4v) is 1.87. The fraction of sp³-hybridized carbons (Fsp3) is 0.462. The molecule has 17 heavy (non-hydrogen) atoms. The summed E-state index contributed by atoms with van der Waals surface area (Å²) in [6, 6.07) is 5.74. The maximum absolute atomic E-state index is 12.0. The van der Waals surface area contributed by atoms with E-state index in [-0.39, 0.29) is 11.4 Å². The Morgan fingerprint density at radius 1 is 1.41 bits per heavy atom. The number of ether oxygens (including phenoxy) is 1. The minimum absolute atomic E-state index is 0.0378. The van der Waals surface area contributed by atoms with E-state index in [0.717, 1.165) is 10.9 Å². The number of rotatable bonds is 3. The summed E-state index contributed by atoms with van der Waals surface area (Å²) >= 11 is 3.39. The maximum Gasteiger partial charge on any atom is 0.251 e. The van der Waals surface area contributed by atoms with Gasteiger partial charge in [0.05, 0.1) is 13.2 Å². The van der Waals surface area contributed by atoms with Crippen LogP contribution < -0.4 is 5.32 Å². The van der Waals surface area contributed by atoms with Crippen LogP contribution >= 0.6 is 15.9 Å². The van der Waals surface area contributed by atoms with E-state index in [1.54, 1.807) is 0 Å². The summed E-state index contributed by atoms with van der Waals surface area (Å²) in [6.07, 6.45) is 0. The lowest BCUT2D eigenvalue weighted by atomic mass is 10.0. The standard InChI is InChI=1S/C13H16BrNO2/c1-13(2,8-14)15-12(16)9-3-4-10-6-17-7-11(10)5-9/h3-5H,6-8H2,1-2H3,(H,15,16). The molecule has 0 saturated carbocycles.